The molecule has 5 nitrogen and oxygen atoms in total. The first-order valence-corrected chi connectivity index (χ1v) is 8.73. The predicted molar refractivity (Wildman–Crippen MR) is 98.9 cm³/mol. The molecule has 0 unspecified atom stereocenters. The summed E-state index contributed by atoms with van der Waals surface area (Å²) in [6.45, 7) is 0. The average Bonchev–Trinajstić information content (AvgIpc) is 2.64. The van der Waals surface area contributed by atoms with Gasteiger partial charge in [0.15, 0.2) is 0 Å². The van der Waals surface area contributed by atoms with Crippen molar-refractivity contribution in [2.24, 2.45) is 0 Å². The highest BCUT2D eigenvalue weighted by Gasteiger charge is 2.29. The molecule has 2 amide bonds. The zero-order valence-corrected chi connectivity index (χ0v) is 14.9. The molecular formula is C19H13F3N2O3S. The fourth-order valence-corrected chi connectivity index (χ4v) is 3.01. The average molecular weight is 406 g/mol. The molecule has 0 bridgehead atoms. The third kappa shape index (κ3) is 4.74. The Kier molecular flexibility index (Phi) is 5.46. The third-order valence-electron chi connectivity index (χ3n) is 3.75. The molecule has 0 saturated heterocycles. The molecular weight excluding hydrogens is 393 g/mol. The quantitative estimate of drug-likeness (QED) is 0.449. The Labute approximate surface area is 161 Å². The number of hydrazine groups is 1. The molecule has 3 rings (SSSR count). The second-order valence-electron chi connectivity index (χ2n) is 5.70. The Morgan fingerprint density at radius 2 is 1.43 bits per heavy atom. The third-order valence-corrected chi connectivity index (χ3v) is 4.49. The maximum absolute atomic E-state index is 12.3. The summed E-state index contributed by atoms with van der Waals surface area (Å²) < 4.78 is 37.0. The number of fused-ring (bicyclic) bond motifs is 1. The van der Waals surface area contributed by atoms with Gasteiger partial charge in [-0.15, -0.1) is 0 Å². The number of phenolic OH excluding ortho intramolecular Hbond substituents is 1. The Morgan fingerprint density at radius 3 is 2.04 bits per heavy atom. The van der Waals surface area contributed by atoms with E-state index in [0.29, 0.717) is 0 Å². The largest absolute Gasteiger partial charge is 0.507 e. The molecule has 3 aromatic carbocycles. The Hall–Kier alpha value is -3.20. The van der Waals surface area contributed by atoms with Gasteiger partial charge in [-0.3, -0.25) is 20.4 Å². The highest BCUT2D eigenvalue weighted by atomic mass is 32.2. The van der Waals surface area contributed by atoms with Gasteiger partial charge in [-0.2, -0.15) is 13.2 Å². The van der Waals surface area contributed by atoms with E-state index in [9.17, 15) is 27.9 Å². The van der Waals surface area contributed by atoms with Gasteiger partial charge in [-0.1, -0.05) is 24.3 Å². The van der Waals surface area contributed by atoms with E-state index in [1.54, 1.807) is 24.3 Å². The molecule has 28 heavy (non-hydrogen) atoms. The van der Waals surface area contributed by atoms with Crippen molar-refractivity contribution in [2.45, 2.75) is 10.4 Å². The van der Waals surface area contributed by atoms with Gasteiger partial charge in [0.1, 0.15) is 5.75 Å². The summed E-state index contributed by atoms with van der Waals surface area (Å²) in [5.41, 5.74) is -0.0507. The van der Waals surface area contributed by atoms with E-state index in [0.717, 1.165) is 22.9 Å². The fraction of sp³-hybridized carbons (Fsp3) is 0.0526. The summed E-state index contributed by atoms with van der Waals surface area (Å²) in [6, 6.07) is 14.8. The summed E-state index contributed by atoms with van der Waals surface area (Å²) in [5.74, 6) is -1.70. The number of amides is 2. The van der Waals surface area contributed by atoms with Gasteiger partial charge in [0.2, 0.25) is 0 Å². The van der Waals surface area contributed by atoms with E-state index in [1.807, 2.05) is 0 Å². The van der Waals surface area contributed by atoms with E-state index in [1.165, 1.54) is 24.3 Å². The van der Waals surface area contributed by atoms with E-state index in [-0.39, 0.29) is 33.5 Å². The number of hydrogen-bond donors (Lipinski definition) is 3. The van der Waals surface area contributed by atoms with E-state index >= 15 is 0 Å². The first kappa shape index (κ1) is 19.6. The molecule has 0 radical (unpaired) electrons. The van der Waals surface area contributed by atoms with Crippen molar-refractivity contribution in [3.8, 4) is 5.75 Å². The SMILES string of the molecule is O=C(NNC(=O)c1cc2ccccc2cc1O)c1ccc(SC(F)(F)F)cc1. The van der Waals surface area contributed by atoms with E-state index in [4.69, 9.17) is 0 Å². The first-order valence-electron chi connectivity index (χ1n) is 7.91. The molecule has 3 aromatic rings. The normalized spacial score (nSPS) is 11.2. The molecule has 144 valence electrons. The maximum atomic E-state index is 12.3. The zero-order valence-electron chi connectivity index (χ0n) is 14.1. The molecule has 0 atom stereocenters. The van der Waals surface area contributed by atoms with Gasteiger partial charge >= 0.3 is 5.51 Å². The Balaban J connectivity index is 1.66. The molecule has 0 heterocycles. The number of nitrogens with one attached hydrogen (secondary N) is 2. The van der Waals surface area contributed by atoms with Crippen LogP contribution in [0.15, 0.2) is 65.6 Å². The van der Waals surface area contributed by atoms with Gasteiger partial charge in [0.25, 0.3) is 11.8 Å². The number of carbonyl (C=O) groups is 2. The van der Waals surface area contributed by atoms with Crippen LogP contribution in [-0.4, -0.2) is 22.4 Å². The lowest BCUT2D eigenvalue weighted by molar-refractivity contribution is -0.0328. The van der Waals surface area contributed by atoms with Crippen LogP contribution in [0.1, 0.15) is 20.7 Å². The molecule has 0 fully saturated rings. The van der Waals surface area contributed by atoms with Crippen molar-refractivity contribution in [1.82, 2.24) is 10.9 Å². The van der Waals surface area contributed by atoms with Crippen LogP contribution in [0.3, 0.4) is 0 Å². The van der Waals surface area contributed by atoms with E-state index in [2.05, 4.69) is 10.9 Å². The number of hydrogen-bond acceptors (Lipinski definition) is 4. The number of alkyl halides is 3. The second kappa shape index (κ2) is 7.81. The number of thioether (sulfide) groups is 1. The van der Waals surface area contributed by atoms with Crippen molar-refractivity contribution in [2.75, 3.05) is 0 Å². The molecule has 0 aliphatic rings. The van der Waals surface area contributed by atoms with Gasteiger partial charge in [-0.25, -0.2) is 0 Å². The lowest BCUT2D eigenvalue weighted by Crippen LogP contribution is -2.41. The fourth-order valence-electron chi connectivity index (χ4n) is 2.47. The Morgan fingerprint density at radius 1 is 0.857 bits per heavy atom. The summed E-state index contributed by atoms with van der Waals surface area (Å²) in [7, 11) is 0. The molecule has 0 spiro atoms. The summed E-state index contributed by atoms with van der Waals surface area (Å²) in [6.07, 6.45) is 0. The lowest BCUT2D eigenvalue weighted by atomic mass is 10.1. The summed E-state index contributed by atoms with van der Waals surface area (Å²) in [4.78, 5) is 24.2. The summed E-state index contributed by atoms with van der Waals surface area (Å²) >= 11 is -0.290. The van der Waals surface area contributed by atoms with Crippen LogP contribution in [0.25, 0.3) is 10.8 Å². The van der Waals surface area contributed by atoms with Crippen molar-refractivity contribution in [1.29, 1.82) is 0 Å². The maximum Gasteiger partial charge on any atom is 0.446 e. The molecule has 3 N–H and O–H groups in total. The van der Waals surface area contributed by atoms with Crippen molar-refractivity contribution in [3.05, 3.63) is 71.8 Å². The molecule has 0 saturated carbocycles. The van der Waals surface area contributed by atoms with Crippen molar-refractivity contribution >= 4 is 34.3 Å². The highest BCUT2D eigenvalue weighted by Crippen LogP contribution is 2.36. The number of carbonyl (C=O) groups excluding carboxylic acids is 2. The smallest absolute Gasteiger partial charge is 0.446 e. The van der Waals surface area contributed by atoms with Gasteiger partial charge in [-0.05, 0) is 58.9 Å². The van der Waals surface area contributed by atoms with Gasteiger partial charge < -0.3 is 5.11 Å². The van der Waals surface area contributed by atoms with Crippen LogP contribution in [0.5, 0.6) is 5.75 Å². The van der Waals surface area contributed by atoms with Crippen LogP contribution in [0, 0.1) is 0 Å². The predicted octanol–water partition coefficient (Wildman–Crippen LogP) is 4.23. The Bertz CT molecular complexity index is 1040. The monoisotopic (exact) mass is 406 g/mol. The number of aromatic hydroxyl groups is 1. The van der Waals surface area contributed by atoms with Gasteiger partial charge in [0.05, 0.1) is 5.56 Å². The number of benzene rings is 3. The topological polar surface area (TPSA) is 78.4 Å². The number of rotatable bonds is 3. The molecule has 0 aliphatic carbocycles. The number of phenols is 1. The molecule has 0 aromatic heterocycles. The first-order chi connectivity index (χ1) is 13.2. The van der Waals surface area contributed by atoms with Crippen LogP contribution >= 0.6 is 11.8 Å². The molecule has 9 heteroatoms. The van der Waals surface area contributed by atoms with Crippen LogP contribution < -0.4 is 10.9 Å². The van der Waals surface area contributed by atoms with Crippen molar-refractivity contribution in [3.63, 3.8) is 0 Å². The molecule has 0 aliphatic heterocycles. The highest BCUT2D eigenvalue weighted by molar-refractivity contribution is 8.00. The summed E-state index contributed by atoms with van der Waals surface area (Å²) in [5, 5.41) is 11.5. The van der Waals surface area contributed by atoms with Crippen LogP contribution in [-0.2, 0) is 0 Å². The number of halogens is 3. The van der Waals surface area contributed by atoms with Crippen LogP contribution in [0.4, 0.5) is 13.2 Å². The van der Waals surface area contributed by atoms with E-state index < -0.39 is 17.3 Å². The second-order valence-corrected chi connectivity index (χ2v) is 6.84. The standard InChI is InChI=1S/C19H13F3N2O3S/c20-19(21,22)28-14-7-5-11(6-8-14)17(26)23-24-18(27)15-9-12-3-1-2-4-13(12)10-16(15)25/h1-10,25H,(H,23,26)(H,24,27). The minimum atomic E-state index is -4.42. The van der Waals surface area contributed by atoms with Crippen LogP contribution in [0.2, 0.25) is 0 Å². The minimum Gasteiger partial charge on any atom is -0.507 e. The zero-order chi connectivity index (χ0) is 20.3. The van der Waals surface area contributed by atoms with Gasteiger partial charge in [0, 0.05) is 10.5 Å². The lowest BCUT2D eigenvalue weighted by Gasteiger charge is -2.10. The minimum absolute atomic E-state index is 0.0316. The van der Waals surface area contributed by atoms with Crippen molar-refractivity contribution < 1.29 is 27.9 Å².